The number of carbonyl (C=O) groups excluding carboxylic acids is 1. The third-order valence-electron chi connectivity index (χ3n) is 3.58. The van der Waals surface area contributed by atoms with E-state index in [-0.39, 0.29) is 24.2 Å². The zero-order valence-electron chi connectivity index (χ0n) is 11.1. The van der Waals surface area contributed by atoms with E-state index in [1.54, 1.807) is 11.0 Å². The van der Waals surface area contributed by atoms with Gasteiger partial charge in [0, 0.05) is 11.6 Å². The van der Waals surface area contributed by atoms with E-state index in [4.69, 9.17) is 22.5 Å². The Labute approximate surface area is 123 Å². The molecule has 1 fully saturated rings. The number of likely N-dealkylation sites (tertiary alicyclic amines) is 1. The van der Waals surface area contributed by atoms with Crippen LogP contribution in [-0.4, -0.2) is 34.4 Å². The molecule has 1 atom stereocenters. The molecular weight excluding hydrogens is 278 g/mol. The molecule has 1 aromatic carbocycles. The molecule has 0 radical (unpaired) electrons. The van der Waals surface area contributed by atoms with Crippen molar-refractivity contribution < 1.29 is 10.0 Å². The minimum atomic E-state index is -0.316. The van der Waals surface area contributed by atoms with Crippen LogP contribution < -0.4 is 5.73 Å². The van der Waals surface area contributed by atoms with Crippen LogP contribution in [0.15, 0.2) is 29.4 Å². The van der Waals surface area contributed by atoms with Crippen molar-refractivity contribution in [1.82, 2.24) is 4.90 Å². The summed E-state index contributed by atoms with van der Waals surface area (Å²) in [7, 11) is 0. The molecule has 5 nitrogen and oxygen atoms in total. The van der Waals surface area contributed by atoms with E-state index in [2.05, 4.69) is 5.16 Å². The monoisotopic (exact) mass is 295 g/mol. The van der Waals surface area contributed by atoms with Crippen LogP contribution >= 0.6 is 11.6 Å². The van der Waals surface area contributed by atoms with Gasteiger partial charge in [0.1, 0.15) is 0 Å². The van der Waals surface area contributed by atoms with Gasteiger partial charge in [-0.3, -0.25) is 4.79 Å². The lowest BCUT2D eigenvalue weighted by Gasteiger charge is -2.35. The lowest BCUT2D eigenvalue weighted by atomic mass is 10.00. The number of amidine groups is 1. The van der Waals surface area contributed by atoms with Gasteiger partial charge in [0.25, 0.3) is 0 Å². The van der Waals surface area contributed by atoms with Gasteiger partial charge in [-0.15, -0.1) is 0 Å². The maximum Gasteiger partial charge on any atom is 0.227 e. The first-order chi connectivity index (χ1) is 9.63. The first-order valence-electron chi connectivity index (χ1n) is 6.63. The summed E-state index contributed by atoms with van der Waals surface area (Å²) in [6, 6.07) is 6.97. The highest BCUT2D eigenvalue weighted by Gasteiger charge is 2.29. The molecule has 108 valence electrons. The van der Waals surface area contributed by atoms with Crippen molar-refractivity contribution in [2.24, 2.45) is 10.9 Å². The maximum absolute atomic E-state index is 12.4. The molecule has 1 heterocycles. The van der Waals surface area contributed by atoms with Gasteiger partial charge in [-0.25, -0.2) is 0 Å². The lowest BCUT2D eigenvalue weighted by Crippen LogP contribution is -2.51. The van der Waals surface area contributed by atoms with E-state index in [0.29, 0.717) is 11.6 Å². The normalized spacial score (nSPS) is 19.9. The average Bonchev–Trinajstić information content (AvgIpc) is 2.48. The van der Waals surface area contributed by atoms with Crippen LogP contribution in [0.4, 0.5) is 0 Å². The van der Waals surface area contributed by atoms with Crippen molar-refractivity contribution in [2.45, 2.75) is 31.7 Å². The smallest absolute Gasteiger partial charge is 0.227 e. The highest BCUT2D eigenvalue weighted by molar-refractivity contribution is 6.31. The van der Waals surface area contributed by atoms with Gasteiger partial charge in [0.2, 0.25) is 5.91 Å². The summed E-state index contributed by atoms with van der Waals surface area (Å²) in [6.45, 7) is 0.629. The quantitative estimate of drug-likeness (QED) is 0.387. The molecule has 6 heteroatoms. The number of piperidine rings is 1. The minimum Gasteiger partial charge on any atom is -0.409 e. The molecule has 3 N–H and O–H groups in total. The molecule has 0 aliphatic carbocycles. The summed E-state index contributed by atoms with van der Waals surface area (Å²) in [5, 5.41) is 12.4. The van der Waals surface area contributed by atoms with Gasteiger partial charge < -0.3 is 15.8 Å². The third kappa shape index (κ3) is 3.22. The zero-order valence-corrected chi connectivity index (χ0v) is 11.9. The fraction of sp³-hybridized carbons (Fsp3) is 0.429. The van der Waals surface area contributed by atoms with Crippen LogP contribution in [0, 0.1) is 0 Å². The van der Waals surface area contributed by atoms with Crippen LogP contribution in [0.2, 0.25) is 5.02 Å². The summed E-state index contributed by atoms with van der Waals surface area (Å²) in [4.78, 5) is 14.1. The maximum atomic E-state index is 12.4. The van der Waals surface area contributed by atoms with Crippen LogP contribution in [0.5, 0.6) is 0 Å². The highest BCUT2D eigenvalue weighted by Crippen LogP contribution is 2.21. The van der Waals surface area contributed by atoms with Crippen LogP contribution in [-0.2, 0) is 11.2 Å². The van der Waals surface area contributed by atoms with Crippen LogP contribution in [0.3, 0.4) is 0 Å². The van der Waals surface area contributed by atoms with Crippen molar-refractivity contribution in [3.05, 3.63) is 34.9 Å². The topological polar surface area (TPSA) is 78.9 Å². The minimum absolute atomic E-state index is 0.0469. The molecule has 0 aromatic heterocycles. The van der Waals surface area contributed by atoms with E-state index < -0.39 is 0 Å². The summed E-state index contributed by atoms with van der Waals surface area (Å²) in [5.74, 6) is 0.0478. The van der Waals surface area contributed by atoms with Crippen molar-refractivity contribution >= 4 is 23.3 Å². The lowest BCUT2D eigenvalue weighted by molar-refractivity contribution is -0.132. The van der Waals surface area contributed by atoms with Crippen LogP contribution in [0.1, 0.15) is 24.8 Å². The zero-order chi connectivity index (χ0) is 14.5. The van der Waals surface area contributed by atoms with Crippen LogP contribution in [0.25, 0.3) is 0 Å². The number of oxime groups is 1. The van der Waals surface area contributed by atoms with Gasteiger partial charge in [-0.2, -0.15) is 0 Å². The molecule has 1 amide bonds. The summed E-state index contributed by atoms with van der Waals surface area (Å²) >= 11 is 6.07. The summed E-state index contributed by atoms with van der Waals surface area (Å²) < 4.78 is 0. The number of nitrogens with zero attached hydrogens (tertiary/aromatic N) is 2. The Balaban J connectivity index is 2.12. The molecule has 1 aliphatic rings. The number of hydrogen-bond donors (Lipinski definition) is 2. The number of hydrogen-bond acceptors (Lipinski definition) is 3. The van der Waals surface area contributed by atoms with Gasteiger partial charge in [-0.1, -0.05) is 35.0 Å². The standard InChI is InChI=1S/C14H18ClN3O2/c15-11-6-2-1-5-10(11)9-13(19)18-8-4-3-7-12(18)14(16)17-20/h1-2,5-6,12,20H,3-4,7-9H2,(H2,16,17). The van der Waals surface area contributed by atoms with Crippen molar-refractivity contribution in [1.29, 1.82) is 0 Å². The molecule has 1 aliphatic heterocycles. The fourth-order valence-corrected chi connectivity index (χ4v) is 2.71. The Morgan fingerprint density at radius 3 is 2.90 bits per heavy atom. The van der Waals surface area contributed by atoms with Crippen molar-refractivity contribution in [3.63, 3.8) is 0 Å². The Morgan fingerprint density at radius 2 is 2.20 bits per heavy atom. The van der Waals surface area contributed by atoms with E-state index >= 15 is 0 Å². The Bertz CT molecular complexity index is 519. The summed E-state index contributed by atoms with van der Waals surface area (Å²) in [6.07, 6.45) is 2.86. The molecule has 1 saturated heterocycles. The van der Waals surface area contributed by atoms with Gasteiger partial charge in [0.05, 0.1) is 12.5 Å². The second kappa shape index (κ2) is 6.61. The van der Waals surface area contributed by atoms with Crippen molar-refractivity contribution in [3.8, 4) is 0 Å². The van der Waals surface area contributed by atoms with E-state index in [0.717, 1.165) is 24.8 Å². The number of halogens is 1. The largest absolute Gasteiger partial charge is 0.409 e. The van der Waals surface area contributed by atoms with Gasteiger partial charge in [-0.05, 0) is 30.9 Å². The van der Waals surface area contributed by atoms with Gasteiger partial charge >= 0.3 is 0 Å². The Kier molecular flexibility index (Phi) is 4.84. The SMILES string of the molecule is NC(=NO)C1CCCCN1C(=O)Cc1ccccc1Cl. The molecule has 1 unspecified atom stereocenters. The predicted octanol–water partition coefficient (Wildman–Crippen LogP) is 2.01. The van der Waals surface area contributed by atoms with E-state index in [1.807, 2.05) is 18.2 Å². The Hall–Kier alpha value is -1.75. The first-order valence-corrected chi connectivity index (χ1v) is 7.01. The molecule has 0 bridgehead atoms. The molecule has 20 heavy (non-hydrogen) atoms. The second-order valence-corrected chi connectivity index (χ2v) is 5.30. The number of amides is 1. The molecule has 0 spiro atoms. The third-order valence-corrected chi connectivity index (χ3v) is 3.95. The number of rotatable bonds is 3. The second-order valence-electron chi connectivity index (χ2n) is 4.89. The van der Waals surface area contributed by atoms with E-state index in [9.17, 15) is 4.79 Å². The first kappa shape index (κ1) is 14.7. The van der Waals surface area contributed by atoms with E-state index in [1.165, 1.54) is 0 Å². The highest BCUT2D eigenvalue weighted by atomic mass is 35.5. The summed E-state index contributed by atoms with van der Waals surface area (Å²) in [5.41, 5.74) is 6.47. The molecule has 0 saturated carbocycles. The number of benzene rings is 1. The molecule has 1 aromatic rings. The predicted molar refractivity (Wildman–Crippen MR) is 77.9 cm³/mol. The fourth-order valence-electron chi connectivity index (χ4n) is 2.51. The Morgan fingerprint density at radius 1 is 1.45 bits per heavy atom. The van der Waals surface area contributed by atoms with Gasteiger partial charge in [0.15, 0.2) is 5.84 Å². The van der Waals surface area contributed by atoms with Crippen molar-refractivity contribution in [2.75, 3.05) is 6.54 Å². The molecular formula is C14H18ClN3O2. The number of nitrogens with two attached hydrogens (primary N) is 1. The molecule has 2 rings (SSSR count). The average molecular weight is 296 g/mol. The number of carbonyl (C=O) groups is 1.